The molecular weight excluding hydrogens is 446 g/mol. The second-order valence-electron chi connectivity index (χ2n) is 10.8. The molecule has 3 aromatic carbocycles. The Hall–Kier alpha value is -3.11. The van der Waals surface area contributed by atoms with Crippen molar-refractivity contribution < 1.29 is 14.3 Å². The number of rotatable bonds is 9. The summed E-state index contributed by atoms with van der Waals surface area (Å²) in [7, 11) is 0. The van der Waals surface area contributed by atoms with Crippen molar-refractivity contribution in [1.82, 2.24) is 0 Å². The minimum absolute atomic E-state index is 0.0416. The fraction of sp³-hybridized carbons (Fsp3) is 0.406. The lowest BCUT2D eigenvalue weighted by molar-refractivity contribution is -0.162. The summed E-state index contributed by atoms with van der Waals surface area (Å²) in [4.78, 5) is 14.4. The second-order valence-corrected chi connectivity index (χ2v) is 10.8. The number of hydrogen-bond donors (Lipinski definition) is 0. The number of anilines is 1. The average molecular weight is 486 g/mol. The van der Waals surface area contributed by atoms with Crippen molar-refractivity contribution in [3.63, 3.8) is 0 Å². The summed E-state index contributed by atoms with van der Waals surface area (Å²) in [6.07, 6.45) is 4.25. The minimum atomic E-state index is -0.470. The molecule has 0 saturated heterocycles. The van der Waals surface area contributed by atoms with E-state index in [4.69, 9.17) is 9.47 Å². The van der Waals surface area contributed by atoms with Gasteiger partial charge in [0.1, 0.15) is 12.2 Å². The Morgan fingerprint density at radius 3 is 1.81 bits per heavy atom. The van der Waals surface area contributed by atoms with Crippen LogP contribution in [0.1, 0.15) is 69.1 Å². The molecule has 36 heavy (non-hydrogen) atoms. The summed E-state index contributed by atoms with van der Waals surface area (Å²) in [6.45, 7) is 7.42. The molecule has 1 aliphatic carbocycles. The van der Waals surface area contributed by atoms with Gasteiger partial charge in [-0.05, 0) is 81.2 Å². The van der Waals surface area contributed by atoms with Crippen LogP contribution in [-0.4, -0.2) is 24.3 Å². The van der Waals surface area contributed by atoms with Crippen LogP contribution in [0.15, 0.2) is 84.9 Å². The Labute approximate surface area is 216 Å². The Kier molecular flexibility index (Phi) is 8.82. The first-order valence-electron chi connectivity index (χ1n) is 13.1. The zero-order valence-electron chi connectivity index (χ0n) is 21.9. The van der Waals surface area contributed by atoms with Gasteiger partial charge in [0, 0.05) is 18.8 Å². The SMILES string of the molecule is CC(C)(C)OC(=O)COC1CCC(c2ccc(N(Cc3ccccc3)Cc3ccccc3)cc2)CC1. The lowest BCUT2D eigenvalue weighted by Crippen LogP contribution is -2.29. The summed E-state index contributed by atoms with van der Waals surface area (Å²) < 4.78 is 11.2. The van der Waals surface area contributed by atoms with E-state index in [9.17, 15) is 4.79 Å². The molecule has 0 aromatic heterocycles. The molecule has 0 aliphatic heterocycles. The highest BCUT2D eigenvalue weighted by Crippen LogP contribution is 2.35. The van der Waals surface area contributed by atoms with Gasteiger partial charge in [-0.25, -0.2) is 4.79 Å². The largest absolute Gasteiger partial charge is 0.458 e. The van der Waals surface area contributed by atoms with Gasteiger partial charge in [0.25, 0.3) is 0 Å². The van der Waals surface area contributed by atoms with E-state index < -0.39 is 5.60 Å². The summed E-state index contributed by atoms with van der Waals surface area (Å²) in [5, 5.41) is 0. The normalized spacial score (nSPS) is 18.0. The maximum atomic E-state index is 12.0. The molecule has 0 spiro atoms. The molecule has 0 unspecified atom stereocenters. The van der Waals surface area contributed by atoms with E-state index in [0.717, 1.165) is 38.8 Å². The summed E-state index contributed by atoms with van der Waals surface area (Å²) in [5.41, 5.74) is 4.77. The van der Waals surface area contributed by atoms with Gasteiger partial charge in [-0.15, -0.1) is 0 Å². The van der Waals surface area contributed by atoms with Crippen molar-refractivity contribution in [1.29, 1.82) is 0 Å². The highest BCUT2D eigenvalue weighted by atomic mass is 16.6. The maximum absolute atomic E-state index is 12.0. The topological polar surface area (TPSA) is 38.8 Å². The van der Waals surface area contributed by atoms with Crippen molar-refractivity contribution in [2.75, 3.05) is 11.5 Å². The number of benzene rings is 3. The highest BCUT2D eigenvalue weighted by Gasteiger charge is 2.25. The van der Waals surface area contributed by atoms with Crippen molar-refractivity contribution in [2.24, 2.45) is 0 Å². The van der Waals surface area contributed by atoms with E-state index in [-0.39, 0.29) is 18.7 Å². The van der Waals surface area contributed by atoms with Crippen LogP contribution < -0.4 is 4.90 Å². The number of carbonyl (C=O) groups excluding carboxylic acids is 1. The number of ether oxygens (including phenoxy) is 2. The molecule has 0 amide bonds. The Bertz CT molecular complexity index is 1020. The van der Waals surface area contributed by atoms with Crippen molar-refractivity contribution >= 4 is 11.7 Å². The van der Waals surface area contributed by atoms with E-state index in [0.29, 0.717) is 5.92 Å². The van der Waals surface area contributed by atoms with Crippen LogP contribution in [0.2, 0.25) is 0 Å². The molecular formula is C32H39NO3. The van der Waals surface area contributed by atoms with Gasteiger partial charge in [-0.1, -0.05) is 72.8 Å². The van der Waals surface area contributed by atoms with Crippen molar-refractivity contribution in [3.8, 4) is 0 Å². The van der Waals surface area contributed by atoms with Gasteiger partial charge in [-0.2, -0.15) is 0 Å². The van der Waals surface area contributed by atoms with Crippen molar-refractivity contribution in [2.45, 2.75) is 77.2 Å². The second kappa shape index (κ2) is 12.2. The molecule has 0 bridgehead atoms. The third kappa shape index (κ3) is 7.96. The summed E-state index contributed by atoms with van der Waals surface area (Å²) in [6, 6.07) is 30.4. The first-order valence-corrected chi connectivity index (χ1v) is 13.1. The molecule has 4 nitrogen and oxygen atoms in total. The predicted octanol–water partition coefficient (Wildman–Crippen LogP) is 7.28. The van der Waals surface area contributed by atoms with Crippen LogP contribution in [0.3, 0.4) is 0 Å². The van der Waals surface area contributed by atoms with Crippen LogP contribution in [0.25, 0.3) is 0 Å². The van der Waals surface area contributed by atoms with E-state index in [1.807, 2.05) is 20.8 Å². The standard InChI is InChI=1S/C32H39NO3/c1-32(2,3)36-31(34)24-35-30-20-16-28(17-21-30)27-14-18-29(19-15-27)33(22-25-10-6-4-7-11-25)23-26-12-8-5-9-13-26/h4-15,18-19,28,30H,16-17,20-24H2,1-3H3. The fourth-order valence-electron chi connectivity index (χ4n) is 4.92. The summed E-state index contributed by atoms with van der Waals surface area (Å²) in [5.74, 6) is 0.257. The Morgan fingerprint density at radius 2 is 1.31 bits per heavy atom. The van der Waals surface area contributed by atoms with Gasteiger partial charge in [0.15, 0.2) is 0 Å². The molecule has 190 valence electrons. The minimum Gasteiger partial charge on any atom is -0.458 e. The lowest BCUT2D eigenvalue weighted by atomic mass is 9.82. The van der Waals surface area contributed by atoms with Crippen LogP contribution in [0.4, 0.5) is 5.69 Å². The average Bonchev–Trinajstić information content (AvgIpc) is 2.88. The monoisotopic (exact) mass is 485 g/mol. The first kappa shape index (κ1) is 26.0. The molecule has 1 aliphatic rings. The predicted molar refractivity (Wildman–Crippen MR) is 146 cm³/mol. The van der Waals surface area contributed by atoms with Crippen molar-refractivity contribution in [3.05, 3.63) is 102 Å². The molecule has 1 saturated carbocycles. The van der Waals surface area contributed by atoms with Gasteiger partial charge >= 0.3 is 5.97 Å². The quantitative estimate of drug-likeness (QED) is 0.299. The van der Waals surface area contributed by atoms with Crippen LogP contribution in [-0.2, 0) is 27.4 Å². The highest BCUT2D eigenvalue weighted by molar-refractivity contribution is 5.71. The van der Waals surface area contributed by atoms with Gasteiger partial charge in [0.05, 0.1) is 6.10 Å². The van der Waals surface area contributed by atoms with E-state index in [1.54, 1.807) is 0 Å². The Balaban J connectivity index is 1.34. The van der Waals surface area contributed by atoms with Crippen LogP contribution in [0.5, 0.6) is 0 Å². The molecule has 3 aromatic rings. The lowest BCUT2D eigenvalue weighted by Gasteiger charge is -2.30. The van der Waals surface area contributed by atoms with E-state index in [2.05, 4.69) is 89.8 Å². The maximum Gasteiger partial charge on any atom is 0.332 e. The number of hydrogen-bond acceptors (Lipinski definition) is 4. The smallest absolute Gasteiger partial charge is 0.332 e. The summed E-state index contributed by atoms with van der Waals surface area (Å²) >= 11 is 0. The number of esters is 1. The molecule has 1 fully saturated rings. The number of nitrogens with zero attached hydrogens (tertiary/aromatic N) is 1. The van der Waals surface area contributed by atoms with Gasteiger partial charge in [-0.3, -0.25) is 0 Å². The molecule has 4 rings (SSSR count). The Morgan fingerprint density at radius 1 is 0.778 bits per heavy atom. The third-order valence-electron chi connectivity index (χ3n) is 6.69. The fourth-order valence-corrected chi connectivity index (χ4v) is 4.92. The van der Waals surface area contributed by atoms with Crippen LogP contribution in [0, 0.1) is 0 Å². The van der Waals surface area contributed by atoms with E-state index in [1.165, 1.54) is 22.4 Å². The zero-order chi connectivity index (χ0) is 25.4. The van der Waals surface area contributed by atoms with E-state index >= 15 is 0 Å². The third-order valence-corrected chi connectivity index (χ3v) is 6.69. The van der Waals surface area contributed by atoms with Gasteiger partial charge in [0.2, 0.25) is 0 Å². The molecule has 0 radical (unpaired) electrons. The first-order chi connectivity index (χ1) is 17.4. The molecule has 4 heteroatoms. The molecule has 0 atom stereocenters. The number of carbonyl (C=O) groups is 1. The molecule has 0 N–H and O–H groups in total. The zero-order valence-corrected chi connectivity index (χ0v) is 21.9. The van der Waals surface area contributed by atoms with Gasteiger partial charge < -0.3 is 14.4 Å². The molecule has 0 heterocycles. The van der Waals surface area contributed by atoms with Crippen LogP contribution >= 0.6 is 0 Å².